The van der Waals surface area contributed by atoms with Gasteiger partial charge >= 0.3 is 0 Å². The highest BCUT2D eigenvalue weighted by Crippen LogP contribution is 2.12. The number of hydrogen-bond acceptors (Lipinski definition) is 2. The quantitative estimate of drug-likeness (QED) is 0.810. The molecule has 0 bridgehead atoms. The molecule has 0 aliphatic carbocycles. The normalized spacial score (nSPS) is 10.3. The van der Waals surface area contributed by atoms with Gasteiger partial charge in [-0.2, -0.15) is 0 Å². The lowest BCUT2D eigenvalue weighted by Gasteiger charge is -2.02. The van der Waals surface area contributed by atoms with Crippen molar-refractivity contribution < 1.29 is 13.6 Å². The molecular formula is C11H13F2NO. The Morgan fingerprint density at radius 3 is 2.73 bits per heavy atom. The monoisotopic (exact) mass is 213 g/mol. The summed E-state index contributed by atoms with van der Waals surface area (Å²) in [5.41, 5.74) is 5.35. The summed E-state index contributed by atoms with van der Waals surface area (Å²) < 4.78 is 25.9. The zero-order valence-electron chi connectivity index (χ0n) is 8.30. The first kappa shape index (κ1) is 11.8. The summed E-state index contributed by atoms with van der Waals surface area (Å²) in [5, 5.41) is 0. The molecule has 0 fully saturated rings. The maximum Gasteiger partial charge on any atom is 0.162 e. The number of carbonyl (C=O) groups excluding carboxylic acids is 1. The third-order valence-corrected chi connectivity index (χ3v) is 2.08. The van der Waals surface area contributed by atoms with Crippen LogP contribution in [0.3, 0.4) is 0 Å². The number of Topliss-reactive ketones (excluding diaryl/α,β-unsaturated/α-hetero) is 1. The van der Waals surface area contributed by atoms with Gasteiger partial charge in [-0.1, -0.05) is 12.1 Å². The lowest BCUT2D eigenvalue weighted by Crippen LogP contribution is -2.08. The van der Waals surface area contributed by atoms with E-state index in [9.17, 15) is 13.6 Å². The highest BCUT2D eigenvalue weighted by atomic mass is 19.2. The van der Waals surface area contributed by atoms with E-state index in [1.807, 2.05) is 0 Å². The highest BCUT2D eigenvalue weighted by molar-refractivity contribution is 5.80. The van der Waals surface area contributed by atoms with Crippen molar-refractivity contribution >= 4 is 5.78 Å². The van der Waals surface area contributed by atoms with E-state index >= 15 is 0 Å². The molecule has 2 N–H and O–H groups in total. The van der Waals surface area contributed by atoms with E-state index in [0.717, 1.165) is 6.07 Å². The molecule has 0 heterocycles. The minimum absolute atomic E-state index is 0.0659. The molecule has 0 aromatic heterocycles. The summed E-state index contributed by atoms with van der Waals surface area (Å²) >= 11 is 0. The number of nitrogens with two attached hydrogens (primary N) is 1. The van der Waals surface area contributed by atoms with E-state index in [-0.39, 0.29) is 17.8 Å². The SMILES string of the molecule is NCCCC(=O)Cc1cccc(F)c1F. The molecule has 0 amide bonds. The Bertz CT molecular complexity index is 352. The molecule has 0 atom stereocenters. The number of carbonyl (C=O) groups is 1. The molecule has 4 heteroatoms. The number of benzene rings is 1. The minimum atomic E-state index is -0.932. The Morgan fingerprint density at radius 2 is 2.07 bits per heavy atom. The summed E-state index contributed by atoms with van der Waals surface area (Å²) in [4.78, 5) is 11.3. The molecule has 1 aromatic carbocycles. The second kappa shape index (κ2) is 5.56. The van der Waals surface area contributed by atoms with Crippen LogP contribution in [0.1, 0.15) is 18.4 Å². The lowest BCUT2D eigenvalue weighted by molar-refractivity contribution is -0.118. The fourth-order valence-corrected chi connectivity index (χ4v) is 1.29. The summed E-state index contributed by atoms with van der Waals surface area (Å²) in [6.07, 6.45) is 0.825. The van der Waals surface area contributed by atoms with Gasteiger partial charge in [0, 0.05) is 12.8 Å². The van der Waals surface area contributed by atoms with Crippen LogP contribution in [0, 0.1) is 11.6 Å². The third-order valence-electron chi connectivity index (χ3n) is 2.08. The molecule has 0 saturated carbocycles. The Hall–Kier alpha value is -1.29. The number of hydrogen-bond donors (Lipinski definition) is 1. The first-order valence-corrected chi connectivity index (χ1v) is 4.80. The van der Waals surface area contributed by atoms with E-state index in [2.05, 4.69) is 0 Å². The zero-order valence-corrected chi connectivity index (χ0v) is 8.30. The minimum Gasteiger partial charge on any atom is -0.330 e. The Morgan fingerprint density at radius 1 is 1.33 bits per heavy atom. The van der Waals surface area contributed by atoms with E-state index in [0.29, 0.717) is 19.4 Å². The van der Waals surface area contributed by atoms with E-state index in [4.69, 9.17) is 5.73 Å². The Balaban J connectivity index is 2.64. The average Bonchev–Trinajstić information content (AvgIpc) is 2.22. The van der Waals surface area contributed by atoms with Gasteiger partial charge in [0.2, 0.25) is 0 Å². The Kier molecular flexibility index (Phi) is 4.37. The Labute approximate surface area is 87.1 Å². The van der Waals surface area contributed by atoms with Crippen LogP contribution in [-0.2, 0) is 11.2 Å². The van der Waals surface area contributed by atoms with Crippen molar-refractivity contribution in [2.45, 2.75) is 19.3 Å². The summed E-state index contributed by atoms with van der Waals surface area (Å²) in [5.74, 6) is -1.97. The van der Waals surface area contributed by atoms with Gasteiger partial charge in [0.1, 0.15) is 5.78 Å². The first-order chi connectivity index (χ1) is 7.15. The second-order valence-corrected chi connectivity index (χ2v) is 3.32. The van der Waals surface area contributed by atoms with Crippen LogP contribution < -0.4 is 5.73 Å². The lowest BCUT2D eigenvalue weighted by atomic mass is 10.1. The van der Waals surface area contributed by atoms with Crippen LogP contribution in [0.15, 0.2) is 18.2 Å². The molecule has 0 spiro atoms. The largest absolute Gasteiger partial charge is 0.330 e. The van der Waals surface area contributed by atoms with Crippen molar-refractivity contribution in [2.24, 2.45) is 5.73 Å². The van der Waals surface area contributed by atoms with Crippen molar-refractivity contribution in [2.75, 3.05) is 6.54 Å². The molecule has 2 nitrogen and oxygen atoms in total. The fraction of sp³-hybridized carbons (Fsp3) is 0.364. The molecule has 0 aliphatic rings. The van der Waals surface area contributed by atoms with Gasteiger partial charge in [-0.3, -0.25) is 4.79 Å². The van der Waals surface area contributed by atoms with Gasteiger partial charge in [-0.05, 0) is 24.6 Å². The predicted molar refractivity (Wildman–Crippen MR) is 53.4 cm³/mol. The van der Waals surface area contributed by atoms with Gasteiger partial charge in [0.05, 0.1) is 0 Å². The molecule has 15 heavy (non-hydrogen) atoms. The first-order valence-electron chi connectivity index (χ1n) is 4.80. The third kappa shape index (κ3) is 3.40. The van der Waals surface area contributed by atoms with Crippen molar-refractivity contribution in [3.63, 3.8) is 0 Å². The maximum absolute atomic E-state index is 13.1. The fourth-order valence-electron chi connectivity index (χ4n) is 1.29. The molecule has 82 valence electrons. The predicted octanol–water partition coefficient (Wildman–Crippen LogP) is 1.82. The molecular weight excluding hydrogens is 200 g/mol. The zero-order chi connectivity index (χ0) is 11.3. The van der Waals surface area contributed by atoms with Gasteiger partial charge in [-0.15, -0.1) is 0 Å². The van der Waals surface area contributed by atoms with E-state index in [1.54, 1.807) is 0 Å². The van der Waals surface area contributed by atoms with E-state index in [1.165, 1.54) is 12.1 Å². The number of halogens is 2. The number of rotatable bonds is 5. The van der Waals surface area contributed by atoms with Crippen molar-refractivity contribution in [1.82, 2.24) is 0 Å². The summed E-state index contributed by atoms with van der Waals surface area (Å²) in [6, 6.07) is 3.84. The summed E-state index contributed by atoms with van der Waals surface area (Å²) in [7, 11) is 0. The van der Waals surface area contributed by atoms with Crippen molar-refractivity contribution in [3.05, 3.63) is 35.4 Å². The van der Waals surface area contributed by atoms with Crippen LogP contribution in [0.4, 0.5) is 8.78 Å². The second-order valence-electron chi connectivity index (χ2n) is 3.32. The van der Waals surface area contributed by atoms with Crippen LogP contribution in [0.25, 0.3) is 0 Å². The molecule has 1 aromatic rings. The van der Waals surface area contributed by atoms with Crippen LogP contribution in [0.2, 0.25) is 0 Å². The van der Waals surface area contributed by atoms with Crippen LogP contribution in [-0.4, -0.2) is 12.3 Å². The molecule has 0 unspecified atom stereocenters. The molecule has 0 saturated heterocycles. The molecule has 1 rings (SSSR count). The van der Waals surface area contributed by atoms with Crippen molar-refractivity contribution in [3.8, 4) is 0 Å². The smallest absolute Gasteiger partial charge is 0.162 e. The van der Waals surface area contributed by atoms with Gasteiger partial charge in [0.25, 0.3) is 0 Å². The molecule has 0 radical (unpaired) electrons. The number of ketones is 1. The summed E-state index contributed by atoms with van der Waals surface area (Å²) in [6.45, 7) is 0.428. The van der Waals surface area contributed by atoms with Gasteiger partial charge in [-0.25, -0.2) is 8.78 Å². The van der Waals surface area contributed by atoms with Crippen molar-refractivity contribution in [1.29, 1.82) is 0 Å². The highest BCUT2D eigenvalue weighted by Gasteiger charge is 2.10. The standard InChI is InChI=1S/C11H13F2NO/c12-10-5-1-3-8(11(10)13)7-9(15)4-2-6-14/h1,3,5H,2,4,6-7,14H2. The topological polar surface area (TPSA) is 43.1 Å². The molecule has 0 aliphatic heterocycles. The average molecular weight is 213 g/mol. The van der Waals surface area contributed by atoms with Gasteiger partial charge in [0.15, 0.2) is 11.6 Å². The van der Waals surface area contributed by atoms with Gasteiger partial charge < -0.3 is 5.73 Å². The maximum atomic E-state index is 13.1. The van der Waals surface area contributed by atoms with Crippen LogP contribution >= 0.6 is 0 Å². The van der Waals surface area contributed by atoms with Crippen LogP contribution in [0.5, 0.6) is 0 Å². The van der Waals surface area contributed by atoms with E-state index < -0.39 is 11.6 Å².